The lowest BCUT2D eigenvalue weighted by Crippen LogP contribution is -2.05. The number of halogens is 1. The highest BCUT2D eigenvalue weighted by Crippen LogP contribution is 2.14. The van der Waals surface area contributed by atoms with Gasteiger partial charge in [0.05, 0.1) is 0 Å². The predicted molar refractivity (Wildman–Crippen MR) is 46.9 cm³/mol. The highest BCUT2D eigenvalue weighted by atomic mass is 35.5. The van der Waals surface area contributed by atoms with Crippen LogP contribution in [0.5, 0.6) is 0 Å². The summed E-state index contributed by atoms with van der Waals surface area (Å²) in [5, 5.41) is 3.53. The molecule has 0 aliphatic heterocycles. The van der Waals surface area contributed by atoms with E-state index in [1.165, 1.54) is 0 Å². The van der Waals surface area contributed by atoms with Crippen molar-refractivity contribution >= 4 is 11.6 Å². The highest BCUT2D eigenvalue weighted by Gasteiger charge is 1.96. The Morgan fingerprint density at radius 3 is 2.40 bits per heavy atom. The monoisotopic (exact) mass is 157 g/mol. The van der Waals surface area contributed by atoms with E-state index >= 15 is 0 Å². The van der Waals surface area contributed by atoms with Gasteiger partial charge in [-0.2, -0.15) is 0 Å². The standard InChI is InChI=1S/C8H12ClN/c1-5-8(9)6(2)7(3)10-4/h5,10H,1,3H2,2,4H3/b8-6+. The van der Waals surface area contributed by atoms with Crippen LogP contribution in [0.3, 0.4) is 0 Å². The summed E-state index contributed by atoms with van der Waals surface area (Å²) in [6.45, 7) is 9.17. The zero-order valence-corrected chi connectivity index (χ0v) is 7.13. The molecule has 0 bridgehead atoms. The Balaban J connectivity index is 4.45. The van der Waals surface area contributed by atoms with E-state index in [2.05, 4.69) is 18.5 Å². The van der Waals surface area contributed by atoms with Gasteiger partial charge in [0.2, 0.25) is 0 Å². The number of hydrogen-bond acceptors (Lipinski definition) is 1. The van der Waals surface area contributed by atoms with Crippen LogP contribution < -0.4 is 5.32 Å². The quantitative estimate of drug-likeness (QED) is 0.621. The Labute approximate surface area is 67.1 Å². The average Bonchev–Trinajstić information content (AvgIpc) is 2.00. The molecule has 10 heavy (non-hydrogen) atoms. The van der Waals surface area contributed by atoms with Crippen LogP contribution in [0.25, 0.3) is 0 Å². The number of likely N-dealkylation sites (N-methyl/N-ethyl adjacent to an activating group) is 1. The molecule has 0 heterocycles. The summed E-state index contributed by atoms with van der Waals surface area (Å²) < 4.78 is 0. The Morgan fingerprint density at radius 2 is 2.10 bits per heavy atom. The van der Waals surface area contributed by atoms with E-state index in [1.54, 1.807) is 13.1 Å². The fraction of sp³-hybridized carbons (Fsp3) is 0.250. The van der Waals surface area contributed by atoms with Crippen molar-refractivity contribution in [2.24, 2.45) is 0 Å². The first-order chi connectivity index (χ1) is 4.63. The number of nitrogens with one attached hydrogen (secondary N) is 1. The first-order valence-electron chi connectivity index (χ1n) is 2.99. The van der Waals surface area contributed by atoms with Crippen molar-refractivity contribution in [1.82, 2.24) is 5.32 Å². The third-order valence-corrected chi connectivity index (χ3v) is 1.73. The third kappa shape index (κ3) is 2.28. The van der Waals surface area contributed by atoms with Gasteiger partial charge in [-0.1, -0.05) is 30.8 Å². The van der Waals surface area contributed by atoms with Gasteiger partial charge in [-0.05, 0) is 12.5 Å². The lowest BCUT2D eigenvalue weighted by Gasteiger charge is -2.04. The minimum absolute atomic E-state index is 0.638. The van der Waals surface area contributed by atoms with Gasteiger partial charge < -0.3 is 5.32 Å². The van der Waals surface area contributed by atoms with Gasteiger partial charge in [-0.3, -0.25) is 0 Å². The fourth-order valence-electron chi connectivity index (χ4n) is 0.485. The number of rotatable bonds is 3. The van der Waals surface area contributed by atoms with Crippen LogP contribution in [0.2, 0.25) is 0 Å². The molecule has 0 aromatic rings. The Bertz CT molecular complexity index is 180. The van der Waals surface area contributed by atoms with Crippen LogP contribution in [0.4, 0.5) is 0 Å². The molecule has 0 aliphatic rings. The molecule has 0 saturated carbocycles. The van der Waals surface area contributed by atoms with E-state index in [-0.39, 0.29) is 0 Å². The molecule has 0 aromatic carbocycles. The summed E-state index contributed by atoms with van der Waals surface area (Å²) in [6, 6.07) is 0. The van der Waals surface area contributed by atoms with E-state index in [0.717, 1.165) is 11.3 Å². The topological polar surface area (TPSA) is 12.0 Å². The van der Waals surface area contributed by atoms with Crippen LogP contribution in [0, 0.1) is 0 Å². The molecule has 0 aliphatic carbocycles. The van der Waals surface area contributed by atoms with Crippen LogP contribution >= 0.6 is 11.6 Å². The molecule has 0 amide bonds. The van der Waals surface area contributed by atoms with E-state index in [1.807, 2.05) is 6.92 Å². The van der Waals surface area contributed by atoms with Crippen molar-refractivity contribution in [3.63, 3.8) is 0 Å². The predicted octanol–water partition coefficient (Wildman–Crippen LogP) is 2.42. The molecular formula is C8H12ClN. The van der Waals surface area contributed by atoms with Crippen LogP contribution in [0.15, 0.2) is 35.5 Å². The summed E-state index contributed by atoms with van der Waals surface area (Å²) >= 11 is 5.75. The molecule has 0 saturated heterocycles. The molecule has 0 unspecified atom stereocenters. The Hall–Kier alpha value is -0.690. The van der Waals surface area contributed by atoms with Crippen molar-refractivity contribution in [3.05, 3.63) is 35.5 Å². The smallest absolute Gasteiger partial charge is 0.0449 e. The molecule has 0 fully saturated rings. The van der Waals surface area contributed by atoms with Gasteiger partial charge in [0.25, 0.3) is 0 Å². The second-order valence-electron chi connectivity index (χ2n) is 1.91. The lowest BCUT2D eigenvalue weighted by molar-refractivity contribution is 1.00. The maximum absolute atomic E-state index is 5.75. The zero-order valence-electron chi connectivity index (χ0n) is 6.37. The lowest BCUT2D eigenvalue weighted by atomic mass is 10.2. The Kier molecular flexibility index (Phi) is 3.89. The summed E-state index contributed by atoms with van der Waals surface area (Å²) in [5.41, 5.74) is 1.75. The van der Waals surface area contributed by atoms with Crippen LogP contribution in [-0.4, -0.2) is 7.05 Å². The molecule has 0 aromatic heterocycles. The summed E-state index contributed by atoms with van der Waals surface area (Å²) in [4.78, 5) is 0. The molecule has 0 spiro atoms. The third-order valence-electron chi connectivity index (χ3n) is 1.29. The largest absolute Gasteiger partial charge is 0.388 e. The molecule has 0 rings (SSSR count). The SMILES string of the molecule is C=C/C(Cl)=C(/C)C(=C)NC. The van der Waals surface area contributed by atoms with Crippen molar-refractivity contribution in [2.45, 2.75) is 6.92 Å². The van der Waals surface area contributed by atoms with Crippen molar-refractivity contribution in [3.8, 4) is 0 Å². The maximum Gasteiger partial charge on any atom is 0.0449 e. The molecule has 1 N–H and O–H groups in total. The van der Waals surface area contributed by atoms with E-state index in [4.69, 9.17) is 11.6 Å². The van der Waals surface area contributed by atoms with Crippen molar-refractivity contribution in [2.75, 3.05) is 7.05 Å². The van der Waals surface area contributed by atoms with E-state index in [0.29, 0.717) is 5.03 Å². The first kappa shape index (κ1) is 9.31. The summed E-state index contributed by atoms with van der Waals surface area (Å²) in [5.74, 6) is 0. The molecule has 1 nitrogen and oxygen atoms in total. The van der Waals surface area contributed by atoms with Gasteiger partial charge in [0, 0.05) is 17.8 Å². The normalized spacial score (nSPS) is 11.9. The number of allylic oxidation sites excluding steroid dienone is 3. The van der Waals surface area contributed by atoms with Crippen molar-refractivity contribution < 1.29 is 0 Å². The highest BCUT2D eigenvalue weighted by molar-refractivity contribution is 6.31. The number of hydrogen-bond donors (Lipinski definition) is 1. The Morgan fingerprint density at radius 1 is 1.60 bits per heavy atom. The molecular weight excluding hydrogens is 146 g/mol. The first-order valence-corrected chi connectivity index (χ1v) is 3.37. The van der Waals surface area contributed by atoms with E-state index < -0.39 is 0 Å². The maximum atomic E-state index is 5.75. The van der Waals surface area contributed by atoms with Gasteiger partial charge in [0.1, 0.15) is 0 Å². The second-order valence-corrected chi connectivity index (χ2v) is 2.31. The minimum atomic E-state index is 0.638. The van der Waals surface area contributed by atoms with Gasteiger partial charge in [-0.25, -0.2) is 0 Å². The molecule has 2 heteroatoms. The second kappa shape index (κ2) is 4.18. The molecule has 56 valence electrons. The van der Waals surface area contributed by atoms with Crippen LogP contribution in [-0.2, 0) is 0 Å². The minimum Gasteiger partial charge on any atom is -0.388 e. The van der Waals surface area contributed by atoms with Crippen molar-refractivity contribution in [1.29, 1.82) is 0 Å². The van der Waals surface area contributed by atoms with E-state index in [9.17, 15) is 0 Å². The molecule has 0 radical (unpaired) electrons. The zero-order chi connectivity index (χ0) is 8.15. The van der Waals surface area contributed by atoms with Gasteiger partial charge in [0.15, 0.2) is 0 Å². The fourth-order valence-corrected chi connectivity index (χ4v) is 0.599. The van der Waals surface area contributed by atoms with Gasteiger partial charge in [-0.15, -0.1) is 0 Å². The van der Waals surface area contributed by atoms with Crippen LogP contribution in [0.1, 0.15) is 6.92 Å². The summed E-state index contributed by atoms with van der Waals surface area (Å²) in [7, 11) is 1.80. The van der Waals surface area contributed by atoms with Gasteiger partial charge >= 0.3 is 0 Å². The summed E-state index contributed by atoms with van der Waals surface area (Å²) in [6.07, 6.45) is 1.60. The molecule has 0 atom stereocenters. The average molecular weight is 158 g/mol.